The third kappa shape index (κ3) is 4.60. The van der Waals surface area contributed by atoms with Crippen molar-refractivity contribution in [3.8, 4) is 11.5 Å². The first-order chi connectivity index (χ1) is 12.5. The summed E-state index contributed by atoms with van der Waals surface area (Å²) < 4.78 is 10.4. The van der Waals surface area contributed by atoms with Crippen LogP contribution < -0.4 is 20.2 Å². The van der Waals surface area contributed by atoms with E-state index in [1.54, 1.807) is 31.4 Å². The van der Waals surface area contributed by atoms with E-state index in [0.29, 0.717) is 22.7 Å². The number of methoxy groups -OCH3 is 2. The van der Waals surface area contributed by atoms with Crippen molar-refractivity contribution in [1.82, 2.24) is 5.43 Å². The Balaban J connectivity index is 2.03. The zero-order valence-electron chi connectivity index (χ0n) is 15.1. The molecule has 0 saturated heterocycles. The standard InChI is InChI=1S/C19H21N3O4/c1-12-6-5-7-16(13(12)2)21-18(23)19(24)22-20-11-14-10-15(25-3)8-9-17(14)26-4/h5-11H,1-4H3,(H,21,23)(H,22,24)/b20-11-. The van der Waals surface area contributed by atoms with Gasteiger partial charge in [0.2, 0.25) is 0 Å². The van der Waals surface area contributed by atoms with E-state index in [1.807, 2.05) is 26.0 Å². The molecule has 0 fully saturated rings. The summed E-state index contributed by atoms with van der Waals surface area (Å²) in [6, 6.07) is 10.6. The Morgan fingerprint density at radius 1 is 1.04 bits per heavy atom. The highest BCUT2D eigenvalue weighted by atomic mass is 16.5. The second-order valence-electron chi connectivity index (χ2n) is 5.51. The summed E-state index contributed by atoms with van der Waals surface area (Å²) in [5, 5.41) is 6.38. The molecule has 0 bridgehead atoms. The van der Waals surface area contributed by atoms with Crippen LogP contribution in [-0.4, -0.2) is 32.2 Å². The zero-order chi connectivity index (χ0) is 19.1. The second-order valence-corrected chi connectivity index (χ2v) is 5.51. The van der Waals surface area contributed by atoms with E-state index in [2.05, 4.69) is 15.8 Å². The lowest BCUT2D eigenvalue weighted by Crippen LogP contribution is -2.32. The average Bonchev–Trinajstić information content (AvgIpc) is 2.65. The molecule has 0 aliphatic carbocycles. The summed E-state index contributed by atoms with van der Waals surface area (Å²) in [7, 11) is 3.07. The number of rotatable bonds is 5. The van der Waals surface area contributed by atoms with Crippen LogP contribution in [0, 0.1) is 13.8 Å². The first-order valence-corrected chi connectivity index (χ1v) is 7.89. The van der Waals surface area contributed by atoms with Gasteiger partial charge in [-0.05, 0) is 49.2 Å². The van der Waals surface area contributed by atoms with Crippen LogP contribution in [0.15, 0.2) is 41.5 Å². The molecule has 7 nitrogen and oxygen atoms in total. The topological polar surface area (TPSA) is 89.0 Å². The van der Waals surface area contributed by atoms with Gasteiger partial charge in [0.25, 0.3) is 0 Å². The van der Waals surface area contributed by atoms with Crippen molar-refractivity contribution < 1.29 is 19.1 Å². The van der Waals surface area contributed by atoms with Gasteiger partial charge in [0.15, 0.2) is 0 Å². The van der Waals surface area contributed by atoms with Gasteiger partial charge in [-0.25, -0.2) is 5.43 Å². The molecule has 0 unspecified atom stereocenters. The van der Waals surface area contributed by atoms with Crippen molar-refractivity contribution in [2.24, 2.45) is 5.10 Å². The lowest BCUT2D eigenvalue weighted by atomic mass is 10.1. The van der Waals surface area contributed by atoms with E-state index in [9.17, 15) is 9.59 Å². The normalized spacial score (nSPS) is 10.5. The molecule has 2 amide bonds. The molecule has 136 valence electrons. The first kappa shape index (κ1) is 19.0. The number of hydrogen-bond acceptors (Lipinski definition) is 5. The molecule has 2 rings (SSSR count). The van der Waals surface area contributed by atoms with Gasteiger partial charge in [-0.1, -0.05) is 12.1 Å². The van der Waals surface area contributed by atoms with Gasteiger partial charge in [0.05, 0.1) is 20.4 Å². The molecule has 0 aromatic heterocycles. The van der Waals surface area contributed by atoms with E-state index >= 15 is 0 Å². The number of nitrogens with one attached hydrogen (secondary N) is 2. The Morgan fingerprint density at radius 3 is 2.50 bits per heavy atom. The molecule has 2 aromatic rings. The van der Waals surface area contributed by atoms with Gasteiger partial charge in [0, 0.05) is 11.3 Å². The molecule has 0 atom stereocenters. The van der Waals surface area contributed by atoms with Crippen molar-refractivity contribution in [3.05, 3.63) is 53.1 Å². The number of amides is 2. The number of carbonyl (C=O) groups is 2. The van der Waals surface area contributed by atoms with Crippen LogP contribution in [0.25, 0.3) is 0 Å². The summed E-state index contributed by atoms with van der Waals surface area (Å²) in [6.07, 6.45) is 1.38. The Morgan fingerprint density at radius 2 is 1.81 bits per heavy atom. The summed E-state index contributed by atoms with van der Waals surface area (Å²) in [5.41, 5.74) is 5.30. The van der Waals surface area contributed by atoms with Crippen LogP contribution >= 0.6 is 0 Å². The SMILES string of the molecule is COc1ccc(OC)c(/C=N\NC(=O)C(=O)Nc2cccc(C)c2C)c1. The van der Waals surface area contributed by atoms with E-state index in [-0.39, 0.29) is 0 Å². The van der Waals surface area contributed by atoms with Crippen molar-refractivity contribution in [1.29, 1.82) is 0 Å². The number of nitrogens with zero attached hydrogens (tertiary/aromatic N) is 1. The van der Waals surface area contributed by atoms with Crippen LogP contribution in [0.4, 0.5) is 5.69 Å². The van der Waals surface area contributed by atoms with E-state index < -0.39 is 11.8 Å². The van der Waals surface area contributed by atoms with Gasteiger partial charge in [-0.15, -0.1) is 0 Å². The number of benzene rings is 2. The molecular formula is C19H21N3O4. The van der Waals surface area contributed by atoms with Gasteiger partial charge >= 0.3 is 11.8 Å². The molecule has 0 spiro atoms. The zero-order valence-corrected chi connectivity index (χ0v) is 15.1. The highest BCUT2D eigenvalue weighted by Crippen LogP contribution is 2.22. The summed E-state index contributed by atoms with van der Waals surface area (Å²) >= 11 is 0. The van der Waals surface area contributed by atoms with Crippen LogP contribution in [0.1, 0.15) is 16.7 Å². The van der Waals surface area contributed by atoms with Gasteiger partial charge in [-0.2, -0.15) is 5.10 Å². The number of hydrogen-bond donors (Lipinski definition) is 2. The molecule has 0 radical (unpaired) electrons. The van der Waals surface area contributed by atoms with Crippen LogP contribution in [0.2, 0.25) is 0 Å². The lowest BCUT2D eigenvalue weighted by molar-refractivity contribution is -0.136. The van der Waals surface area contributed by atoms with Crippen LogP contribution in [0.3, 0.4) is 0 Å². The number of aryl methyl sites for hydroxylation is 1. The Bertz CT molecular complexity index is 847. The van der Waals surface area contributed by atoms with Crippen molar-refractivity contribution in [2.45, 2.75) is 13.8 Å². The van der Waals surface area contributed by atoms with E-state index in [4.69, 9.17) is 9.47 Å². The van der Waals surface area contributed by atoms with Gasteiger partial charge < -0.3 is 14.8 Å². The van der Waals surface area contributed by atoms with Crippen molar-refractivity contribution >= 4 is 23.7 Å². The first-order valence-electron chi connectivity index (χ1n) is 7.89. The molecule has 0 heterocycles. The monoisotopic (exact) mass is 355 g/mol. The highest BCUT2D eigenvalue weighted by Gasteiger charge is 2.14. The number of anilines is 1. The third-order valence-electron chi connectivity index (χ3n) is 3.87. The minimum atomic E-state index is -0.871. The molecule has 26 heavy (non-hydrogen) atoms. The third-order valence-corrected chi connectivity index (χ3v) is 3.87. The van der Waals surface area contributed by atoms with Crippen LogP contribution in [0.5, 0.6) is 11.5 Å². The summed E-state index contributed by atoms with van der Waals surface area (Å²) in [5.74, 6) is -0.493. The fraction of sp³-hybridized carbons (Fsp3) is 0.211. The van der Waals surface area contributed by atoms with Gasteiger partial charge in [0.1, 0.15) is 11.5 Å². The molecule has 2 aromatic carbocycles. The fourth-order valence-corrected chi connectivity index (χ4v) is 2.22. The summed E-state index contributed by atoms with van der Waals surface area (Å²) in [4.78, 5) is 23.9. The average molecular weight is 355 g/mol. The highest BCUT2D eigenvalue weighted by molar-refractivity contribution is 6.39. The number of ether oxygens (including phenoxy) is 2. The maximum absolute atomic E-state index is 12.0. The predicted octanol–water partition coefficient (Wildman–Crippen LogP) is 2.41. The van der Waals surface area contributed by atoms with E-state index in [0.717, 1.165) is 11.1 Å². The Labute approximate surface area is 152 Å². The lowest BCUT2D eigenvalue weighted by Gasteiger charge is -2.09. The van der Waals surface area contributed by atoms with Gasteiger partial charge in [-0.3, -0.25) is 9.59 Å². The molecule has 0 saturated carbocycles. The minimum absolute atomic E-state index is 0.559. The number of hydrazone groups is 1. The molecule has 0 aliphatic heterocycles. The largest absolute Gasteiger partial charge is 0.497 e. The number of carbonyl (C=O) groups excluding carboxylic acids is 2. The molecular weight excluding hydrogens is 334 g/mol. The van der Waals surface area contributed by atoms with Crippen molar-refractivity contribution in [2.75, 3.05) is 19.5 Å². The molecule has 7 heteroatoms. The maximum Gasteiger partial charge on any atom is 0.329 e. The molecule has 2 N–H and O–H groups in total. The Hall–Kier alpha value is -3.35. The minimum Gasteiger partial charge on any atom is -0.497 e. The summed E-state index contributed by atoms with van der Waals surface area (Å²) in [6.45, 7) is 3.80. The van der Waals surface area contributed by atoms with Crippen LogP contribution in [-0.2, 0) is 9.59 Å². The molecule has 0 aliphatic rings. The van der Waals surface area contributed by atoms with Crippen molar-refractivity contribution in [3.63, 3.8) is 0 Å². The predicted molar refractivity (Wildman–Crippen MR) is 99.8 cm³/mol. The van der Waals surface area contributed by atoms with E-state index in [1.165, 1.54) is 13.3 Å². The fourth-order valence-electron chi connectivity index (χ4n) is 2.22. The second kappa shape index (κ2) is 8.66. The smallest absolute Gasteiger partial charge is 0.329 e. The maximum atomic E-state index is 12.0. The quantitative estimate of drug-likeness (QED) is 0.490. The Kier molecular flexibility index (Phi) is 6.32.